The van der Waals surface area contributed by atoms with E-state index in [1.54, 1.807) is 19.9 Å². The molecule has 0 aliphatic heterocycles. The van der Waals surface area contributed by atoms with Gasteiger partial charge in [-0.05, 0) is 6.92 Å². The summed E-state index contributed by atoms with van der Waals surface area (Å²) in [7, 11) is 0. The lowest BCUT2D eigenvalue weighted by Gasteiger charge is -2.00. The second kappa shape index (κ2) is 10.1. The van der Waals surface area contributed by atoms with Crippen LogP contribution in [-0.2, 0) is 9.59 Å². The molecule has 0 aliphatic rings. The minimum absolute atomic E-state index is 0.222. The number of hydrogen-bond acceptors (Lipinski definition) is 3. The molecular weight excluding hydrogens is 204 g/mol. The summed E-state index contributed by atoms with van der Waals surface area (Å²) in [5, 5.41) is 15.8. The largest absolute Gasteiger partial charge is 0.481 e. The van der Waals surface area contributed by atoms with Crippen LogP contribution in [0.2, 0.25) is 0 Å². The summed E-state index contributed by atoms with van der Waals surface area (Å²) in [5.41, 5.74) is 0. The summed E-state index contributed by atoms with van der Waals surface area (Å²) in [5.74, 6) is -0.806. The first-order valence-corrected chi connectivity index (χ1v) is 5.17. The fraction of sp³-hybridized carbons (Fsp3) is 0.556. The number of hydrogen-bond donors (Lipinski definition) is 2. The fourth-order valence-electron chi connectivity index (χ4n) is 0.284. The molecule has 0 saturated heterocycles. The molecule has 4 nitrogen and oxygen atoms in total. The van der Waals surface area contributed by atoms with Crippen LogP contribution in [0.25, 0.3) is 0 Å². The third-order valence-electron chi connectivity index (χ3n) is 1.11. The van der Waals surface area contributed by atoms with E-state index in [-0.39, 0.29) is 11.7 Å². The summed E-state index contributed by atoms with van der Waals surface area (Å²) < 4.78 is 0. The van der Waals surface area contributed by atoms with Gasteiger partial charge in [-0.15, -0.1) is 18.3 Å². The van der Waals surface area contributed by atoms with Crippen LogP contribution in [0.15, 0.2) is 12.7 Å². The molecule has 0 radical (unpaired) electrons. The molecule has 1 atom stereocenters. The first kappa shape index (κ1) is 15.5. The minimum atomic E-state index is -0.762. The molecule has 5 heteroatoms. The van der Waals surface area contributed by atoms with E-state index in [2.05, 4.69) is 6.58 Å². The van der Waals surface area contributed by atoms with E-state index in [1.807, 2.05) is 0 Å². The zero-order valence-electron chi connectivity index (χ0n) is 8.40. The number of thioether (sulfide) groups is 1. The average molecular weight is 220 g/mol. The Morgan fingerprint density at radius 3 is 2.14 bits per heavy atom. The van der Waals surface area contributed by atoms with E-state index in [9.17, 15) is 9.59 Å². The van der Waals surface area contributed by atoms with Crippen molar-refractivity contribution in [1.29, 1.82) is 0 Å². The molecular formula is C9H16O4S. The minimum Gasteiger partial charge on any atom is -0.481 e. The van der Waals surface area contributed by atoms with E-state index in [1.165, 1.54) is 11.8 Å². The van der Waals surface area contributed by atoms with Crippen LogP contribution in [0.1, 0.15) is 20.3 Å². The summed E-state index contributed by atoms with van der Waals surface area (Å²) >= 11 is 1.37. The Bertz CT molecular complexity index is 191. The van der Waals surface area contributed by atoms with Crippen molar-refractivity contribution in [2.24, 2.45) is 0 Å². The van der Waals surface area contributed by atoms with Gasteiger partial charge in [-0.1, -0.05) is 13.0 Å². The normalized spacial score (nSPS) is 10.7. The highest BCUT2D eigenvalue weighted by Crippen LogP contribution is 2.09. The highest BCUT2D eigenvalue weighted by molar-refractivity contribution is 8.00. The Labute approximate surface area is 88.0 Å². The first-order valence-electron chi connectivity index (χ1n) is 4.12. The zero-order chi connectivity index (χ0) is 11.6. The molecule has 0 spiro atoms. The van der Waals surface area contributed by atoms with Crippen molar-refractivity contribution in [2.75, 3.05) is 5.75 Å². The molecule has 0 aromatic rings. The van der Waals surface area contributed by atoms with E-state index < -0.39 is 11.9 Å². The third-order valence-corrected chi connectivity index (χ3v) is 2.24. The van der Waals surface area contributed by atoms with Crippen molar-refractivity contribution in [3.05, 3.63) is 12.7 Å². The maximum absolute atomic E-state index is 10.2. The molecule has 82 valence electrons. The molecule has 0 saturated carbocycles. The maximum atomic E-state index is 10.2. The van der Waals surface area contributed by atoms with Crippen molar-refractivity contribution in [3.8, 4) is 0 Å². The monoisotopic (exact) mass is 220 g/mol. The van der Waals surface area contributed by atoms with Crippen molar-refractivity contribution >= 4 is 23.7 Å². The maximum Gasteiger partial charge on any atom is 0.316 e. The molecule has 0 rings (SSSR count). The number of carboxylic acids is 2. The molecule has 0 aromatic carbocycles. The summed E-state index contributed by atoms with van der Waals surface area (Å²) in [6.07, 6.45) is 1.92. The highest BCUT2D eigenvalue weighted by atomic mass is 32.2. The van der Waals surface area contributed by atoms with Crippen LogP contribution < -0.4 is 0 Å². The lowest BCUT2D eigenvalue weighted by molar-refractivity contribution is -0.137. The predicted octanol–water partition coefficient (Wildman–Crippen LogP) is 1.86. The Balaban J connectivity index is 0. The molecule has 14 heavy (non-hydrogen) atoms. The Hall–Kier alpha value is -0.970. The average Bonchev–Trinajstić information content (AvgIpc) is 2.14. The van der Waals surface area contributed by atoms with Gasteiger partial charge in [-0.3, -0.25) is 9.59 Å². The highest BCUT2D eigenvalue weighted by Gasteiger charge is 2.08. The van der Waals surface area contributed by atoms with E-state index >= 15 is 0 Å². The molecule has 0 aromatic heterocycles. The summed E-state index contributed by atoms with van der Waals surface area (Å²) in [6.45, 7) is 6.74. The SMILES string of the molecule is C=CCSC(C)C(=O)O.CCC(=O)O. The third kappa shape index (κ3) is 13.6. The van der Waals surface area contributed by atoms with Crippen LogP contribution in [0.4, 0.5) is 0 Å². The first-order chi connectivity index (χ1) is 6.45. The van der Waals surface area contributed by atoms with Gasteiger partial charge in [-0.25, -0.2) is 0 Å². The molecule has 0 fully saturated rings. The van der Waals surface area contributed by atoms with Gasteiger partial charge >= 0.3 is 11.9 Å². The zero-order valence-corrected chi connectivity index (χ0v) is 9.21. The van der Waals surface area contributed by atoms with Crippen molar-refractivity contribution in [1.82, 2.24) is 0 Å². The van der Waals surface area contributed by atoms with Gasteiger partial charge in [0.05, 0.1) is 5.25 Å². The fourth-order valence-corrected chi connectivity index (χ4v) is 0.851. The number of carbonyl (C=O) groups is 2. The summed E-state index contributed by atoms with van der Waals surface area (Å²) in [6, 6.07) is 0. The van der Waals surface area contributed by atoms with Crippen LogP contribution in [0.3, 0.4) is 0 Å². The lowest BCUT2D eigenvalue weighted by atomic mass is 10.5. The second-order valence-corrected chi connectivity index (χ2v) is 3.72. The van der Waals surface area contributed by atoms with Crippen LogP contribution in [-0.4, -0.2) is 33.2 Å². The quantitative estimate of drug-likeness (QED) is 0.692. The Morgan fingerprint density at radius 1 is 1.50 bits per heavy atom. The van der Waals surface area contributed by atoms with Gasteiger partial charge in [0.1, 0.15) is 0 Å². The number of aliphatic carboxylic acids is 2. The smallest absolute Gasteiger partial charge is 0.316 e. The van der Waals surface area contributed by atoms with Gasteiger partial charge in [0.15, 0.2) is 0 Å². The van der Waals surface area contributed by atoms with Gasteiger partial charge in [0.2, 0.25) is 0 Å². The predicted molar refractivity (Wildman–Crippen MR) is 57.7 cm³/mol. The number of rotatable bonds is 5. The van der Waals surface area contributed by atoms with E-state index in [0.717, 1.165) is 0 Å². The van der Waals surface area contributed by atoms with Crippen molar-refractivity contribution < 1.29 is 19.8 Å². The van der Waals surface area contributed by atoms with E-state index in [0.29, 0.717) is 5.75 Å². The second-order valence-electron chi connectivity index (χ2n) is 2.35. The van der Waals surface area contributed by atoms with Gasteiger partial charge < -0.3 is 10.2 Å². The standard InChI is InChI=1S/C6H10O2S.C3H6O2/c1-3-4-9-5(2)6(7)8;1-2-3(4)5/h3,5H,1,4H2,2H3,(H,7,8);2H2,1H3,(H,4,5). The molecule has 2 N–H and O–H groups in total. The Kier molecular flexibility index (Phi) is 11.2. The topological polar surface area (TPSA) is 74.6 Å². The van der Waals surface area contributed by atoms with Gasteiger partial charge in [0, 0.05) is 12.2 Å². The molecule has 0 bridgehead atoms. The summed E-state index contributed by atoms with van der Waals surface area (Å²) in [4.78, 5) is 19.5. The lowest BCUT2D eigenvalue weighted by Crippen LogP contribution is -2.11. The molecule has 0 aliphatic carbocycles. The molecule has 0 amide bonds. The van der Waals surface area contributed by atoms with Crippen LogP contribution in [0, 0.1) is 0 Å². The molecule has 1 unspecified atom stereocenters. The molecule has 0 heterocycles. The van der Waals surface area contributed by atoms with Crippen LogP contribution in [0.5, 0.6) is 0 Å². The van der Waals surface area contributed by atoms with Crippen LogP contribution >= 0.6 is 11.8 Å². The Morgan fingerprint density at radius 2 is 1.93 bits per heavy atom. The van der Waals surface area contributed by atoms with E-state index in [4.69, 9.17) is 10.2 Å². The van der Waals surface area contributed by atoms with Gasteiger partial charge in [-0.2, -0.15) is 0 Å². The number of carboxylic acid groups (broad SMARTS) is 2. The van der Waals surface area contributed by atoms with Crippen molar-refractivity contribution in [3.63, 3.8) is 0 Å². The van der Waals surface area contributed by atoms with Crippen molar-refractivity contribution in [2.45, 2.75) is 25.5 Å². The van der Waals surface area contributed by atoms with Gasteiger partial charge in [0.25, 0.3) is 0 Å².